The summed E-state index contributed by atoms with van der Waals surface area (Å²) in [6.07, 6.45) is 0. The zero-order chi connectivity index (χ0) is 10.1. The molecule has 0 saturated carbocycles. The van der Waals surface area contributed by atoms with E-state index in [0.29, 0.717) is 0 Å². The van der Waals surface area contributed by atoms with Gasteiger partial charge in [-0.25, -0.2) is 4.39 Å². The molecule has 1 unspecified atom stereocenters. The van der Waals surface area contributed by atoms with Crippen molar-refractivity contribution in [2.75, 3.05) is 0 Å². The van der Waals surface area contributed by atoms with E-state index in [1.54, 1.807) is 6.07 Å². The van der Waals surface area contributed by atoms with E-state index in [2.05, 4.69) is 27.7 Å². The van der Waals surface area contributed by atoms with Gasteiger partial charge in [0.1, 0.15) is 5.82 Å². The minimum Gasteiger partial charge on any atom is -0.207 e. The summed E-state index contributed by atoms with van der Waals surface area (Å²) in [5.74, 6) is 0.152. The minimum atomic E-state index is -0.0927. The highest BCUT2D eigenvalue weighted by atomic mass is 19.1. The van der Waals surface area contributed by atoms with Crippen molar-refractivity contribution in [1.82, 2.24) is 0 Å². The standard InChI is InChI=1S/C12H17F/c1-9(12(2,3)4)10-7-5-6-8-11(10)13/h5-9H,1-4H3. The third-order valence-corrected chi connectivity index (χ3v) is 2.67. The molecule has 1 aromatic rings. The van der Waals surface area contributed by atoms with Crippen LogP contribution in [0, 0.1) is 11.2 Å². The predicted octanol–water partition coefficient (Wildman–Crippen LogP) is 3.98. The Morgan fingerprint density at radius 2 is 1.69 bits per heavy atom. The lowest BCUT2D eigenvalue weighted by atomic mass is 9.78. The van der Waals surface area contributed by atoms with Crippen LogP contribution in [-0.4, -0.2) is 0 Å². The van der Waals surface area contributed by atoms with Crippen LogP contribution >= 0.6 is 0 Å². The van der Waals surface area contributed by atoms with Gasteiger partial charge >= 0.3 is 0 Å². The largest absolute Gasteiger partial charge is 0.207 e. The molecule has 0 aliphatic carbocycles. The fraction of sp³-hybridized carbons (Fsp3) is 0.500. The van der Waals surface area contributed by atoms with Gasteiger partial charge in [0.15, 0.2) is 0 Å². The average molecular weight is 180 g/mol. The van der Waals surface area contributed by atoms with Crippen LogP contribution in [0.15, 0.2) is 24.3 Å². The molecule has 0 radical (unpaired) electrons. The number of rotatable bonds is 1. The zero-order valence-electron chi connectivity index (χ0n) is 8.76. The Hall–Kier alpha value is -0.850. The Labute approximate surface area is 79.8 Å². The summed E-state index contributed by atoms with van der Waals surface area (Å²) in [5, 5.41) is 0. The number of hydrogen-bond donors (Lipinski definition) is 0. The SMILES string of the molecule is CC(c1ccccc1F)C(C)(C)C. The summed E-state index contributed by atoms with van der Waals surface area (Å²) < 4.78 is 13.4. The number of hydrogen-bond acceptors (Lipinski definition) is 0. The van der Waals surface area contributed by atoms with E-state index in [9.17, 15) is 4.39 Å². The molecule has 0 aliphatic heterocycles. The molecule has 1 atom stereocenters. The van der Waals surface area contributed by atoms with E-state index in [-0.39, 0.29) is 17.2 Å². The summed E-state index contributed by atoms with van der Waals surface area (Å²) in [6, 6.07) is 7.01. The van der Waals surface area contributed by atoms with Crippen LogP contribution in [0.25, 0.3) is 0 Å². The van der Waals surface area contributed by atoms with Crippen molar-refractivity contribution in [3.05, 3.63) is 35.6 Å². The van der Waals surface area contributed by atoms with Crippen molar-refractivity contribution in [1.29, 1.82) is 0 Å². The quantitative estimate of drug-likeness (QED) is 0.613. The molecule has 0 N–H and O–H groups in total. The second kappa shape index (κ2) is 3.49. The second-order valence-corrected chi connectivity index (χ2v) is 4.61. The second-order valence-electron chi connectivity index (χ2n) is 4.61. The van der Waals surface area contributed by atoms with E-state index in [1.807, 2.05) is 12.1 Å². The summed E-state index contributed by atoms with van der Waals surface area (Å²) in [5.41, 5.74) is 0.928. The van der Waals surface area contributed by atoms with Gasteiger partial charge in [0.2, 0.25) is 0 Å². The molecular formula is C12H17F. The molecule has 0 spiro atoms. The van der Waals surface area contributed by atoms with Crippen LogP contribution in [-0.2, 0) is 0 Å². The maximum absolute atomic E-state index is 13.4. The molecule has 13 heavy (non-hydrogen) atoms. The van der Waals surface area contributed by atoms with E-state index >= 15 is 0 Å². The lowest BCUT2D eigenvalue weighted by Gasteiger charge is -2.27. The summed E-state index contributed by atoms with van der Waals surface area (Å²) >= 11 is 0. The molecular weight excluding hydrogens is 163 g/mol. The van der Waals surface area contributed by atoms with Gasteiger partial charge in [-0.15, -0.1) is 0 Å². The summed E-state index contributed by atoms with van der Waals surface area (Å²) in [7, 11) is 0. The summed E-state index contributed by atoms with van der Waals surface area (Å²) in [6.45, 7) is 8.46. The van der Waals surface area contributed by atoms with Crippen LogP contribution in [0.2, 0.25) is 0 Å². The molecule has 1 rings (SSSR count). The highest BCUT2D eigenvalue weighted by Crippen LogP contribution is 2.35. The van der Waals surface area contributed by atoms with Gasteiger partial charge in [0, 0.05) is 0 Å². The van der Waals surface area contributed by atoms with Crippen molar-refractivity contribution in [3.8, 4) is 0 Å². The molecule has 0 aliphatic rings. The normalized spacial score (nSPS) is 14.2. The third kappa shape index (κ3) is 2.30. The first kappa shape index (κ1) is 10.2. The average Bonchev–Trinajstić information content (AvgIpc) is 2.02. The van der Waals surface area contributed by atoms with Crippen LogP contribution in [0.5, 0.6) is 0 Å². The van der Waals surface area contributed by atoms with E-state index in [0.717, 1.165) is 5.56 Å². The van der Waals surface area contributed by atoms with Gasteiger partial charge in [-0.1, -0.05) is 45.9 Å². The highest BCUT2D eigenvalue weighted by molar-refractivity contribution is 5.22. The van der Waals surface area contributed by atoms with Crippen molar-refractivity contribution < 1.29 is 4.39 Å². The van der Waals surface area contributed by atoms with Crippen molar-refractivity contribution in [2.45, 2.75) is 33.6 Å². The molecule has 0 saturated heterocycles. The topological polar surface area (TPSA) is 0 Å². The van der Waals surface area contributed by atoms with Crippen molar-refractivity contribution in [3.63, 3.8) is 0 Å². The molecule has 1 aromatic carbocycles. The molecule has 0 fully saturated rings. The van der Waals surface area contributed by atoms with Gasteiger partial charge < -0.3 is 0 Å². The smallest absolute Gasteiger partial charge is 0.126 e. The molecule has 0 aromatic heterocycles. The lowest BCUT2D eigenvalue weighted by Crippen LogP contribution is -2.16. The number of halogens is 1. The lowest BCUT2D eigenvalue weighted by molar-refractivity contribution is 0.331. The fourth-order valence-corrected chi connectivity index (χ4v) is 1.29. The molecule has 0 heterocycles. The van der Waals surface area contributed by atoms with Gasteiger partial charge in [-0.3, -0.25) is 0 Å². The number of benzene rings is 1. The molecule has 0 bridgehead atoms. The minimum absolute atomic E-state index is 0.0927. The van der Waals surface area contributed by atoms with E-state index in [4.69, 9.17) is 0 Å². The predicted molar refractivity (Wildman–Crippen MR) is 54.3 cm³/mol. The van der Waals surface area contributed by atoms with Gasteiger partial charge in [-0.05, 0) is 23.0 Å². The van der Waals surface area contributed by atoms with Gasteiger partial charge in [0.25, 0.3) is 0 Å². The Bertz CT molecular complexity index is 283. The third-order valence-electron chi connectivity index (χ3n) is 2.67. The van der Waals surface area contributed by atoms with Crippen LogP contribution in [0.3, 0.4) is 0 Å². The van der Waals surface area contributed by atoms with Crippen molar-refractivity contribution >= 4 is 0 Å². The Balaban J connectivity index is 3.02. The van der Waals surface area contributed by atoms with Crippen LogP contribution in [0.1, 0.15) is 39.2 Å². The Morgan fingerprint density at radius 1 is 1.15 bits per heavy atom. The first-order valence-corrected chi connectivity index (χ1v) is 4.67. The van der Waals surface area contributed by atoms with Gasteiger partial charge in [-0.2, -0.15) is 0 Å². The van der Waals surface area contributed by atoms with Crippen LogP contribution < -0.4 is 0 Å². The Morgan fingerprint density at radius 3 is 2.15 bits per heavy atom. The Kier molecular flexibility index (Phi) is 2.74. The molecule has 1 heteroatoms. The van der Waals surface area contributed by atoms with E-state index < -0.39 is 0 Å². The maximum atomic E-state index is 13.4. The monoisotopic (exact) mass is 180 g/mol. The maximum Gasteiger partial charge on any atom is 0.126 e. The van der Waals surface area contributed by atoms with Crippen LogP contribution in [0.4, 0.5) is 4.39 Å². The highest BCUT2D eigenvalue weighted by Gasteiger charge is 2.23. The molecule has 72 valence electrons. The van der Waals surface area contributed by atoms with Gasteiger partial charge in [0.05, 0.1) is 0 Å². The molecule has 0 nitrogen and oxygen atoms in total. The first-order chi connectivity index (χ1) is 5.93. The summed E-state index contributed by atoms with van der Waals surface area (Å²) in [4.78, 5) is 0. The van der Waals surface area contributed by atoms with E-state index in [1.165, 1.54) is 6.07 Å². The first-order valence-electron chi connectivity index (χ1n) is 4.67. The van der Waals surface area contributed by atoms with Crippen molar-refractivity contribution in [2.24, 2.45) is 5.41 Å². The fourth-order valence-electron chi connectivity index (χ4n) is 1.29. The zero-order valence-corrected chi connectivity index (χ0v) is 8.76. The molecule has 0 amide bonds.